The van der Waals surface area contributed by atoms with Crippen LogP contribution in [0.1, 0.15) is 39.9 Å². The van der Waals surface area contributed by atoms with Crippen LogP contribution in [0.4, 0.5) is 0 Å². The molecule has 3 nitrogen and oxygen atoms in total. The van der Waals surface area contributed by atoms with E-state index >= 15 is 0 Å². The Kier molecular flexibility index (Phi) is 8.01. The highest BCUT2D eigenvalue weighted by Crippen LogP contribution is 2.27. The van der Waals surface area contributed by atoms with Crippen LogP contribution in [0.2, 0.25) is 0 Å². The molecule has 3 rings (SSSR count). The van der Waals surface area contributed by atoms with E-state index in [-0.39, 0.29) is 18.3 Å². The molecule has 1 aliphatic rings. The lowest BCUT2D eigenvalue weighted by Crippen LogP contribution is -2.42. The van der Waals surface area contributed by atoms with Crippen LogP contribution in [0.15, 0.2) is 47.4 Å². The van der Waals surface area contributed by atoms with Gasteiger partial charge in [0.05, 0.1) is 0 Å². The summed E-state index contributed by atoms with van der Waals surface area (Å²) >= 11 is 1.82. The van der Waals surface area contributed by atoms with Crippen LogP contribution in [-0.4, -0.2) is 25.0 Å². The summed E-state index contributed by atoms with van der Waals surface area (Å²) in [6, 6.07) is 14.8. The third-order valence-electron chi connectivity index (χ3n) is 4.59. The zero-order valence-electron chi connectivity index (χ0n) is 15.4. The number of hydrogen-bond acceptors (Lipinski definition) is 3. The van der Waals surface area contributed by atoms with Gasteiger partial charge in [-0.2, -0.15) is 0 Å². The van der Waals surface area contributed by atoms with Crippen molar-refractivity contribution in [1.82, 2.24) is 10.6 Å². The molecule has 0 aromatic heterocycles. The Morgan fingerprint density at radius 2 is 1.92 bits per heavy atom. The quantitative estimate of drug-likeness (QED) is 0.738. The monoisotopic (exact) mass is 390 g/mol. The van der Waals surface area contributed by atoms with Crippen molar-refractivity contribution in [3.63, 3.8) is 0 Å². The molecule has 5 heteroatoms. The molecular weight excluding hydrogens is 364 g/mol. The van der Waals surface area contributed by atoms with E-state index in [1.807, 2.05) is 30.0 Å². The molecule has 1 saturated heterocycles. The molecule has 1 aliphatic heterocycles. The summed E-state index contributed by atoms with van der Waals surface area (Å²) in [4.78, 5) is 13.8. The maximum atomic E-state index is 12.5. The number of benzene rings is 2. The minimum absolute atomic E-state index is 0. The number of thioether (sulfide) groups is 1. The Bertz CT molecular complexity index is 745. The number of halogens is 1. The van der Waals surface area contributed by atoms with E-state index in [9.17, 15) is 4.79 Å². The second-order valence-corrected chi connectivity index (χ2v) is 7.77. The number of amides is 1. The second-order valence-electron chi connectivity index (χ2n) is 6.76. The maximum absolute atomic E-state index is 12.5. The largest absolute Gasteiger partial charge is 0.349 e. The van der Waals surface area contributed by atoms with E-state index in [2.05, 4.69) is 48.7 Å². The third-order valence-corrected chi connectivity index (χ3v) is 5.84. The van der Waals surface area contributed by atoms with E-state index in [0.717, 1.165) is 37.2 Å². The van der Waals surface area contributed by atoms with Crippen molar-refractivity contribution in [2.75, 3.05) is 13.1 Å². The van der Waals surface area contributed by atoms with Crippen LogP contribution in [-0.2, 0) is 5.75 Å². The van der Waals surface area contributed by atoms with Gasteiger partial charge < -0.3 is 10.6 Å². The van der Waals surface area contributed by atoms with Gasteiger partial charge in [0.15, 0.2) is 0 Å². The Balaban J connectivity index is 0.00000243. The average molecular weight is 391 g/mol. The minimum atomic E-state index is 0. The smallest absolute Gasteiger partial charge is 0.251 e. The predicted octanol–water partition coefficient (Wildman–Crippen LogP) is 4.50. The van der Waals surface area contributed by atoms with Crippen molar-refractivity contribution in [2.45, 2.75) is 43.4 Å². The molecular formula is C21H27ClN2OS. The summed E-state index contributed by atoms with van der Waals surface area (Å²) in [6.45, 7) is 6.24. The van der Waals surface area contributed by atoms with E-state index in [1.54, 1.807) is 0 Å². The Morgan fingerprint density at radius 3 is 2.65 bits per heavy atom. The van der Waals surface area contributed by atoms with Crippen molar-refractivity contribution >= 4 is 30.1 Å². The summed E-state index contributed by atoms with van der Waals surface area (Å²) in [5.74, 6) is 0.920. The van der Waals surface area contributed by atoms with Crippen molar-refractivity contribution in [1.29, 1.82) is 0 Å². The summed E-state index contributed by atoms with van der Waals surface area (Å²) in [7, 11) is 0. The van der Waals surface area contributed by atoms with Crippen molar-refractivity contribution in [3.05, 3.63) is 64.7 Å². The first kappa shape index (κ1) is 20.8. The Morgan fingerprint density at radius 1 is 1.15 bits per heavy atom. The first-order chi connectivity index (χ1) is 12.1. The van der Waals surface area contributed by atoms with Crippen LogP contribution in [0.5, 0.6) is 0 Å². The van der Waals surface area contributed by atoms with Crippen LogP contribution >= 0.6 is 24.2 Å². The van der Waals surface area contributed by atoms with Crippen molar-refractivity contribution in [3.8, 4) is 0 Å². The highest BCUT2D eigenvalue weighted by atomic mass is 35.5. The lowest BCUT2D eigenvalue weighted by molar-refractivity contribution is 0.0929. The first-order valence-electron chi connectivity index (χ1n) is 8.92. The number of piperidine rings is 1. The fraction of sp³-hybridized carbons (Fsp3) is 0.381. The molecule has 0 bridgehead atoms. The summed E-state index contributed by atoms with van der Waals surface area (Å²) in [5.41, 5.74) is 4.54. The molecule has 0 spiro atoms. The summed E-state index contributed by atoms with van der Waals surface area (Å²) < 4.78 is 0. The molecule has 26 heavy (non-hydrogen) atoms. The lowest BCUT2D eigenvalue weighted by Gasteiger charge is -2.23. The molecule has 140 valence electrons. The Hall–Kier alpha value is -1.49. The highest BCUT2D eigenvalue weighted by Gasteiger charge is 2.16. The van der Waals surface area contributed by atoms with Crippen molar-refractivity contribution in [2.24, 2.45) is 0 Å². The number of carbonyl (C=O) groups is 1. The standard InChI is InChI=1S/C21H26N2OS.ClH/c1-15-6-7-20(16(2)12-15)25-14-17-4-3-5-18(13-17)21(24)23-19-8-10-22-11-9-19;/h3-7,12-13,19,22H,8-11,14H2,1-2H3,(H,23,24);1H. The topological polar surface area (TPSA) is 41.1 Å². The van der Waals surface area contributed by atoms with Gasteiger partial charge in [0, 0.05) is 22.3 Å². The van der Waals surface area contributed by atoms with Gasteiger partial charge in [-0.05, 0) is 69.1 Å². The molecule has 0 atom stereocenters. The average Bonchev–Trinajstić information content (AvgIpc) is 2.62. The van der Waals surface area contributed by atoms with Gasteiger partial charge in [-0.15, -0.1) is 24.2 Å². The van der Waals surface area contributed by atoms with Gasteiger partial charge in [0.25, 0.3) is 5.91 Å². The fourth-order valence-corrected chi connectivity index (χ4v) is 4.11. The lowest BCUT2D eigenvalue weighted by atomic mass is 10.1. The van der Waals surface area contributed by atoms with Gasteiger partial charge in [0.1, 0.15) is 0 Å². The Labute approximate surface area is 166 Å². The van der Waals surface area contributed by atoms with Crippen LogP contribution < -0.4 is 10.6 Å². The van der Waals surface area contributed by atoms with Gasteiger partial charge in [-0.3, -0.25) is 4.79 Å². The van der Waals surface area contributed by atoms with E-state index in [4.69, 9.17) is 0 Å². The molecule has 0 aliphatic carbocycles. The molecule has 1 amide bonds. The van der Waals surface area contributed by atoms with Crippen LogP contribution in [0, 0.1) is 13.8 Å². The summed E-state index contributed by atoms with van der Waals surface area (Å²) in [5, 5.41) is 6.49. The molecule has 1 heterocycles. The SMILES string of the molecule is Cc1ccc(SCc2cccc(C(=O)NC3CCNCC3)c2)c(C)c1.Cl. The van der Waals surface area contributed by atoms with E-state index in [1.165, 1.54) is 21.6 Å². The van der Waals surface area contributed by atoms with Gasteiger partial charge in [-0.25, -0.2) is 0 Å². The molecule has 0 saturated carbocycles. The number of aryl methyl sites for hydroxylation is 2. The maximum Gasteiger partial charge on any atom is 0.251 e. The molecule has 0 radical (unpaired) electrons. The molecule has 1 fully saturated rings. The normalized spacial score (nSPS) is 14.5. The van der Waals surface area contributed by atoms with Crippen molar-refractivity contribution < 1.29 is 4.79 Å². The zero-order chi connectivity index (χ0) is 17.6. The molecule has 0 unspecified atom stereocenters. The van der Waals surface area contributed by atoms with Crippen LogP contribution in [0.25, 0.3) is 0 Å². The fourth-order valence-electron chi connectivity index (χ4n) is 3.16. The van der Waals surface area contributed by atoms with Gasteiger partial charge in [0.2, 0.25) is 0 Å². The van der Waals surface area contributed by atoms with E-state index < -0.39 is 0 Å². The number of carbonyl (C=O) groups excluding carboxylic acids is 1. The van der Waals surface area contributed by atoms with E-state index in [0.29, 0.717) is 6.04 Å². The number of hydrogen-bond donors (Lipinski definition) is 2. The minimum Gasteiger partial charge on any atom is -0.349 e. The summed E-state index contributed by atoms with van der Waals surface area (Å²) in [6.07, 6.45) is 2.02. The van der Waals surface area contributed by atoms with Gasteiger partial charge in [-0.1, -0.05) is 29.8 Å². The molecule has 2 aromatic rings. The highest BCUT2D eigenvalue weighted by molar-refractivity contribution is 7.98. The van der Waals surface area contributed by atoms with Gasteiger partial charge >= 0.3 is 0 Å². The predicted molar refractivity (Wildman–Crippen MR) is 113 cm³/mol. The second kappa shape index (κ2) is 10.0. The molecule has 2 N–H and O–H groups in total. The molecule has 2 aromatic carbocycles. The zero-order valence-corrected chi connectivity index (χ0v) is 17.0. The first-order valence-corrected chi connectivity index (χ1v) is 9.91. The number of rotatable bonds is 5. The third kappa shape index (κ3) is 5.76. The number of nitrogens with one attached hydrogen (secondary N) is 2. The van der Waals surface area contributed by atoms with Crippen LogP contribution in [0.3, 0.4) is 0 Å².